The van der Waals surface area contributed by atoms with Gasteiger partial charge in [0.1, 0.15) is 55.4 Å². The van der Waals surface area contributed by atoms with Crippen LogP contribution in [-0.2, 0) is 38.0 Å². The number of carbonyl (C=O) groups is 2. The molecule has 15 heteroatoms. The first kappa shape index (κ1) is 59.8. The van der Waals surface area contributed by atoms with E-state index in [1.54, 1.807) is 0 Å². The lowest BCUT2D eigenvalue weighted by Crippen LogP contribution is -2.61. The summed E-state index contributed by atoms with van der Waals surface area (Å²) in [4.78, 5) is 25.7. The molecule has 0 spiro atoms. The van der Waals surface area contributed by atoms with Gasteiger partial charge < -0.3 is 64.2 Å². The van der Waals surface area contributed by atoms with Gasteiger partial charge in [-0.25, -0.2) is 0 Å². The molecule has 0 bridgehead atoms. The molecule has 0 saturated carbocycles. The summed E-state index contributed by atoms with van der Waals surface area (Å²) >= 11 is 0. The maximum Gasteiger partial charge on any atom is 0.306 e. The molecule has 0 aromatic heterocycles. The molecular weight excluding hydrogens is 853 g/mol. The summed E-state index contributed by atoms with van der Waals surface area (Å²) in [7, 11) is 0. The third-order valence-electron chi connectivity index (χ3n) is 12.1. The highest BCUT2D eigenvalue weighted by atomic mass is 16.7. The number of allylic oxidation sites excluding steroid dienone is 6. The number of rotatable bonds is 39. The molecule has 4 unspecified atom stereocenters. The van der Waals surface area contributed by atoms with Gasteiger partial charge in [0.2, 0.25) is 0 Å². The van der Waals surface area contributed by atoms with Crippen molar-refractivity contribution in [3.63, 3.8) is 0 Å². The van der Waals surface area contributed by atoms with Crippen LogP contribution in [-0.4, -0.2) is 142 Å². The molecule has 2 rings (SSSR count). The summed E-state index contributed by atoms with van der Waals surface area (Å²) in [5.41, 5.74) is 0. The first-order valence-corrected chi connectivity index (χ1v) is 25.6. The average molecular weight is 943 g/mol. The topological polar surface area (TPSA) is 231 Å². The summed E-state index contributed by atoms with van der Waals surface area (Å²) in [6.45, 7) is 2.52. The van der Waals surface area contributed by atoms with Crippen LogP contribution in [0.15, 0.2) is 36.5 Å². The maximum atomic E-state index is 13.0. The van der Waals surface area contributed by atoms with Crippen LogP contribution in [0.4, 0.5) is 0 Å². The van der Waals surface area contributed by atoms with Crippen molar-refractivity contribution in [2.75, 3.05) is 26.4 Å². The Hall–Kier alpha value is -2.28. The zero-order valence-corrected chi connectivity index (χ0v) is 40.4. The Morgan fingerprint density at radius 1 is 0.485 bits per heavy atom. The third-order valence-corrected chi connectivity index (χ3v) is 12.1. The second kappa shape index (κ2) is 38.6. The Kier molecular flexibility index (Phi) is 35.0. The van der Waals surface area contributed by atoms with Crippen LogP contribution in [0.25, 0.3) is 0 Å². The second-order valence-electron chi connectivity index (χ2n) is 18.0. The van der Waals surface area contributed by atoms with Crippen LogP contribution >= 0.6 is 0 Å². The van der Waals surface area contributed by atoms with Crippen LogP contribution in [0.3, 0.4) is 0 Å². The van der Waals surface area contributed by atoms with Crippen molar-refractivity contribution in [1.82, 2.24) is 0 Å². The molecule has 2 aliphatic rings. The Bertz CT molecular complexity index is 1290. The number of unbranched alkanes of at least 4 members (excludes halogenated alkanes) is 19. The quantitative estimate of drug-likeness (QED) is 0.0188. The van der Waals surface area contributed by atoms with E-state index in [0.29, 0.717) is 12.8 Å². The number of aliphatic hydroxyl groups excluding tert-OH is 7. The minimum absolute atomic E-state index is 0.132. The summed E-state index contributed by atoms with van der Waals surface area (Å²) in [5, 5.41) is 72.0. The molecule has 2 heterocycles. The lowest BCUT2D eigenvalue weighted by Gasteiger charge is -2.42. The van der Waals surface area contributed by atoms with Crippen molar-refractivity contribution in [3.05, 3.63) is 36.5 Å². The van der Waals surface area contributed by atoms with Gasteiger partial charge in [0.15, 0.2) is 18.7 Å². The molecule has 66 heavy (non-hydrogen) atoms. The van der Waals surface area contributed by atoms with E-state index in [2.05, 4.69) is 50.3 Å². The van der Waals surface area contributed by atoms with E-state index in [9.17, 15) is 45.3 Å². The first-order chi connectivity index (χ1) is 32.0. The second-order valence-corrected chi connectivity index (χ2v) is 18.0. The van der Waals surface area contributed by atoms with E-state index >= 15 is 0 Å². The fraction of sp³-hybridized carbons (Fsp3) is 0.843. The lowest BCUT2D eigenvalue weighted by atomic mass is 9.98. The van der Waals surface area contributed by atoms with Crippen molar-refractivity contribution >= 4 is 11.9 Å². The summed E-state index contributed by atoms with van der Waals surface area (Å²) in [6, 6.07) is 0. The number of ether oxygens (including phenoxy) is 6. The Morgan fingerprint density at radius 3 is 1.48 bits per heavy atom. The van der Waals surface area contributed by atoms with Crippen LogP contribution in [0.5, 0.6) is 0 Å². The van der Waals surface area contributed by atoms with Gasteiger partial charge in [0, 0.05) is 12.8 Å². The van der Waals surface area contributed by atoms with Crippen LogP contribution in [0.2, 0.25) is 0 Å². The maximum absolute atomic E-state index is 13.0. The summed E-state index contributed by atoms with van der Waals surface area (Å²) < 4.78 is 33.5. The Morgan fingerprint density at radius 2 is 0.909 bits per heavy atom. The fourth-order valence-electron chi connectivity index (χ4n) is 7.83. The number of hydrogen-bond acceptors (Lipinski definition) is 15. The minimum Gasteiger partial charge on any atom is -0.462 e. The van der Waals surface area contributed by atoms with Crippen LogP contribution in [0.1, 0.15) is 181 Å². The number of esters is 2. The van der Waals surface area contributed by atoms with Crippen LogP contribution in [0, 0.1) is 0 Å². The molecule has 2 fully saturated rings. The van der Waals surface area contributed by atoms with Crippen LogP contribution < -0.4 is 0 Å². The highest BCUT2D eigenvalue weighted by molar-refractivity contribution is 5.70. The molecule has 2 saturated heterocycles. The molecule has 0 radical (unpaired) electrons. The standard InChI is InChI=1S/C51H90O15/c1-3-5-7-9-11-13-15-17-19-21-23-25-27-29-31-33-42(53)61-36-39(64-43(54)34-32-30-28-26-24-22-20-18-16-14-12-10-8-6-4-2)37-62-50-49(60)47(58)45(56)41(66-50)38-63-51-48(59)46(57)44(55)40(35-52)65-51/h11,13,17,19,24,26,39-41,44-52,55-60H,3-10,12,14-16,18,20-23,25,27-38H2,1-2H3/b13-11+,19-17+,26-24+/t39-,40-,41-,44+,45+,46?,47?,48?,49?,50-,51-/m1/s1. The smallest absolute Gasteiger partial charge is 0.306 e. The summed E-state index contributed by atoms with van der Waals surface area (Å²) in [5.74, 6) is -0.966. The fourth-order valence-corrected chi connectivity index (χ4v) is 7.83. The lowest BCUT2D eigenvalue weighted by molar-refractivity contribution is -0.332. The molecule has 11 atom stereocenters. The predicted molar refractivity (Wildman–Crippen MR) is 252 cm³/mol. The molecule has 2 aliphatic heterocycles. The van der Waals surface area contributed by atoms with E-state index in [-0.39, 0.29) is 19.4 Å². The zero-order valence-electron chi connectivity index (χ0n) is 40.4. The van der Waals surface area contributed by atoms with Gasteiger partial charge in [-0.15, -0.1) is 0 Å². The van der Waals surface area contributed by atoms with Crippen molar-refractivity contribution in [2.45, 2.75) is 248 Å². The minimum atomic E-state index is -1.77. The van der Waals surface area contributed by atoms with E-state index in [1.165, 1.54) is 77.0 Å². The first-order valence-electron chi connectivity index (χ1n) is 25.6. The number of hydrogen-bond donors (Lipinski definition) is 7. The third kappa shape index (κ3) is 26.5. The normalized spacial score (nSPS) is 26.4. The Balaban J connectivity index is 1.83. The average Bonchev–Trinajstić information content (AvgIpc) is 3.31. The van der Waals surface area contributed by atoms with Gasteiger partial charge in [-0.3, -0.25) is 9.59 Å². The predicted octanol–water partition coefficient (Wildman–Crippen LogP) is 6.93. The van der Waals surface area contributed by atoms with Gasteiger partial charge >= 0.3 is 11.9 Å². The number of carbonyl (C=O) groups excluding carboxylic acids is 2. The highest BCUT2D eigenvalue weighted by Gasteiger charge is 2.47. The van der Waals surface area contributed by atoms with Gasteiger partial charge in [0.05, 0.1) is 19.8 Å². The molecule has 0 amide bonds. The van der Waals surface area contributed by atoms with E-state index < -0.39 is 99.3 Å². The van der Waals surface area contributed by atoms with Gasteiger partial charge in [0.25, 0.3) is 0 Å². The summed E-state index contributed by atoms with van der Waals surface area (Å²) in [6.07, 6.45) is 23.2. The molecule has 7 N–H and O–H groups in total. The Labute approximate surface area is 395 Å². The monoisotopic (exact) mass is 943 g/mol. The van der Waals surface area contributed by atoms with Gasteiger partial charge in [-0.05, 0) is 70.6 Å². The van der Waals surface area contributed by atoms with Crippen molar-refractivity contribution in [2.24, 2.45) is 0 Å². The molecule has 15 nitrogen and oxygen atoms in total. The van der Waals surface area contributed by atoms with Gasteiger partial charge in [-0.2, -0.15) is 0 Å². The van der Waals surface area contributed by atoms with Gasteiger partial charge in [-0.1, -0.05) is 134 Å². The number of aliphatic hydroxyl groups is 7. The molecular formula is C51H90O15. The zero-order chi connectivity index (χ0) is 48.2. The van der Waals surface area contributed by atoms with E-state index in [4.69, 9.17) is 28.4 Å². The van der Waals surface area contributed by atoms with Crippen molar-refractivity contribution in [1.29, 1.82) is 0 Å². The SMILES string of the molecule is CCCCC/C=C/C/C=C/CCCCCCCC(=O)OC[C@H](CO[C@@H]1O[C@H](CO[C@@H]2O[C@H](CO)[C@H](O)C(O)C2O)[C@H](O)C(O)C1O)OC(=O)CCCC/C=C/CCCCCCCCCCC. The molecule has 0 aliphatic carbocycles. The van der Waals surface area contributed by atoms with Crippen molar-refractivity contribution in [3.8, 4) is 0 Å². The molecule has 384 valence electrons. The van der Waals surface area contributed by atoms with Crippen molar-refractivity contribution < 1.29 is 73.8 Å². The molecule has 0 aromatic rings. The van der Waals surface area contributed by atoms with E-state index in [0.717, 1.165) is 64.2 Å². The molecule has 0 aromatic carbocycles. The largest absolute Gasteiger partial charge is 0.462 e. The highest BCUT2D eigenvalue weighted by Crippen LogP contribution is 2.26. The van der Waals surface area contributed by atoms with E-state index in [1.807, 2.05) is 0 Å².